The molecule has 0 aliphatic carbocycles. The summed E-state index contributed by atoms with van der Waals surface area (Å²) in [4.78, 5) is 16.6. The van der Waals surface area contributed by atoms with Gasteiger partial charge in [0.1, 0.15) is 11.9 Å². The van der Waals surface area contributed by atoms with Crippen LogP contribution in [0.1, 0.15) is 50.2 Å². The smallest absolute Gasteiger partial charge is 0.222 e. The van der Waals surface area contributed by atoms with E-state index in [1.165, 1.54) is 6.07 Å². The Hall–Kier alpha value is -2.58. The summed E-state index contributed by atoms with van der Waals surface area (Å²) in [7, 11) is 0. The van der Waals surface area contributed by atoms with E-state index in [0.29, 0.717) is 42.2 Å². The summed E-state index contributed by atoms with van der Waals surface area (Å²) in [5.41, 5.74) is 1.82. The van der Waals surface area contributed by atoms with E-state index in [1.807, 2.05) is 17.0 Å². The second-order valence-electron chi connectivity index (χ2n) is 7.73. The van der Waals surface area contributed by atoms with E-state index in [4.69, 9.17) is 11.6 Å². The van der Waals surface area contributed by atoms with E-state index in [-0.39, 0.29) is 17.8 Å². The Kier molecular flexibility index (Phi) is 7.70. The van der Waals surface area contributed by atoms with Crippen LogP contribution in [0.15, 0.2) is 42.5 Å². The number of hydrogen-bond donors (Lipinski definition) is 0. The quantitative estimate of drug-likeness (QED) is 0.520. The van der Waals surface area contributed by atoms with Gasteiger partial charge in [-0.3, -0.25) is 4.79 Å². The van der Waals surface area contributed by atoms with Crippen molar-refractivity contribution in [3.8, 4) is 6.07 Å². The molecule has 6 heteroatoms. The van der Waals surface area contributed by atoms with Gasteiger partial charge in [-0.25, -0.2) is 4.39 Å². The summed E-state index contributed by atoms with van der Waals surface area (Å²) in [6.07, 6.45) is 4.46. The van der Waals surface area contributed by atoms with Gasteiger partial charge in [-0.2, -0.15) is 5.26 Å². The van der Waals surface area contributed by atoms with E-state index in [9.17, 15) is 14.4 Å². The molecule has 158 valence electrons. The molecule has 1 saturated heterocycles. The number of rotatable bonds is 8. The van der Waals surface area contributed by atoms with E-state index in [0.717, 1.165) is 31.4 Å². The zero-order valence-electron chi connectivity index (χ0n) is 17.3. The van der Waals surface area contributed by atoms with Gasteiger partial charge in [0, 0.05) is 43.3 Å². The Morgan fingerprint density at radius 3 is 2.80 bits per heavy atom. The van der Waals surface area contributed by atoms with Crippen molar-refractivity contribution < 1.29 is 9.18 Å². The SMILES string of the molecule is CCCCCC(=O)N1CCC(N(Cc2ccccc2F)c2ccc(C#N)c(Cl)c2)C1. The lowest BCUT2D eigenvalue weighted by Crippen LogP contribution is -2.38. The Labute approximate surface area is 182 Å². The largest absolute Gasteiger partial charge is 0.362 e. The lowest BCUT2D eigenvalue weighted by molar-refractivity contribution is -0.130. The molecule has 0 bridgehead atoms. The molecule has 1 aliphatic heterocycles. The summed E-state index contributed by atoms with van der Waals surface area (Å²) in [5, 5.41) is 9.55. The second-order valence-corrected chi connectivity index (χ2v) is 8.14. The molecule has 0 N–H and O–H groups in total. The molecule has 1 atom stereocenters. The molecule has 2 aromatic rings. The molecule has 0 spiro atoms. The monoisotopic (exact) mass is 427 g/mol. The van der Waals surface area contributed by atoms with Crippen molar-refractivity contribution in [3.05, 3.63) is 64.4 Å². The molecule has 1 heterocycles. The van der Waals surface area contributed by atoms with Gasteiger partial charge in [0.15, 0.2) is 0 Å². The second kappa shape index (κ2) is 10.4. The molecule has 1 unspecified atom stereocenters. The maximum Gasteiger partial charge on any atom is 0.222 e. The number of carbonyl (C=O) groups excluding carboxylic acids is 1. The number of hydrogen-bond acceptors (Lipinski definition) is 3. The summed E-state index contributed by atoms with van der Waals surface area (Å²) in [5.74, 6) is -0.0672. The maximum atomic E-state index is 14.4. The molecule has 0 saturated carbocycles. The Bertz CT molecular complexity index is 927. The first kappa shape index (κ1) is 22.1. The van der Waals surface area contributed by atoms with Crippen LogP contribution < -0.4 is 4.90 Å². The van der Waals surface area contributed by atoms with Gasteiger partial charge in [0.05, 0.1) is 10.6 Å². The summed E-state index contributed by atoms with van der Waals surface area (Å²) in [6.45, 7) is 3.81. The fraction of sp³-hybridized carbons (Fsp3) is 0.417. The molecule has 0 aromatic heterocycles. The van der Waals surface area contributed by atoms with Crippen molar-refractivity contribution in [2.24, 2.45) is 0 Å². The van der Waals surface area contributed by atoms with Crippen LogP contribution in [0.4, 0.5) is 10.1 Å². The van der Waals surface area contributed by atoms with E-state index < -0.39 is 0 Å². The highest BCUT2D eigenvalue weighted by Crippen LogP contribution is 2.30. The number of likely N-dealkylation sites (tertiary alicyclic amines) is 1. The van der Waals surface area contributed by atoms with Crippen LogP contribution in [0, 0.1) is 17.1 Å². The normalized spacial score (nSPS) is 15.8. The summed E-state index contributed by atoms with van der Waals surface area (Å²) in [6, 6.07) is 14.1. The van der Waals surface area contributed by atoms with Crippen LogP contribution in [-0.4, -0.2) is 29.9 Å². The molecule has 1 amide bonds. The van der Waals surface area contributed by atoms with Gasteiger partial charge in [0.25, 0.3) is 0 Å². The number of benzene rings is 2. The van der Waals surface area contributed by atoms with Crippen LogP contribution in [-0.2, 0) is 11.3 Å². The molecule has 0 radical (unpaired) electrons. The van der Waals surface area contributed by atoms with Gasteiger partial charge >= 0.3 is 0 Å². The van der Waals surface area contributed by atoms with Crippen molar-refractivity contribution in [1.82, 2.24) is 4.90 Å². The minimum Gasteiger partial charge on any atom is -0.362 e. The Morgan fingerprint density at radius 2 is 2.10 bits per heavy atom. The fourth-order valence-electron chi connectivity index (χ4n) is 3.92. The third kappa shape index (κ3) is 5.31. The van der Waals surface area contributed by atoms with Gasteiger partial charge < -0.3 is 9.80 Å². The van der Waals surface area contributed by atoms with Gasteiger partial charge in [-0.1, -0.05) is 49.6 Å². The van der Waals surface area contributed by atoms with Gasteiger partial charge in [-0.15, -0.1) is 0 Å². The Morgan fingerprint density at radius 1 is 1.30 bits per heavy atom. The van der Waals surface area contributed by atoms with Crippen LogP contribution >= 0.6 is 11.6 Å². The zero-order valence-corrected chi connectivity index (χ0v) is 18.0. The van der Waals surface area contributed by atoms with E-state index >= 15 is 0 Å². The number of nitrogens with zero attached hydrogens (tertiary/aromatic N) is 3. The molecular weight excluding hydrogens is 401 g/mol. The standard InChI is InChI=1S/C24H27ClFN3O/c1-2-3-4-9-24(30)28-13-12-21(17-28)29(16-19-7-5-6-8-23(19)26)20-11-10-18(15-27)22(25)14-20/h5-8,10-11,14,21H,2-4,9,12-13,16-17H2,1H3. The molecule has 1 fully saturated rings. The summed E-state index contributed by atoms with van der Waals surface area (Å²) < 4.78 is 14.4. The van der Waals surface area contributed by atoms with Crippen molar-refractivity contribution >= 4 is 23.2 Å². The van der Waals surface area contributed by atoms with E-state index in [1.54, 1.807) is 24.3 Å². The number of nitriles is 1. The minimum atomic E-state index is -0.257. The van der Waals surface area contributed by atoms with Gasteiger partial charge in [-0.05, 0) is 37.1 Å². The number of carbonyl (C=O) groups is 1. The Balaban J connectivity index is 1.81. The zero-order chi connectivity index (χ0) is 21.5. The minimum absolute atomic E-state index is 0.0590. The predicted molar refractivity (Wildman–Crippen MR) is 118 cm³/mol. The third-order valence-electron chi connectivity index (χ3n) is 5.65. The number of halogens is 2. The fourth-order valence-corrected chi connectivity index (χ4v) is 4.14. The third-order valence-corrected chi connectivity index (χ3v) is 5.97. The molecule has 30 heavy (non-hydrogen) atoms. The molecule has 3 rings (SSSR count). The topological polar surface area (TPSA) is 47.3 Å². The molecule has 4 nitrogen and oxygen atoms in total. The molecular formula is C24H27ClFN3O. The number of unbranched alkanes of at least 4 members (excludes halogenated alkanes) is 2. The molecule has 2 aromatic carbocycles. The number of anilines is 1. The average Bonchev–Trinajstić information content (AvgIpc) is 3.23. The van der Waals surface area contributed by atoms with Crippen LogP contribution in [0.3, 0.4) is 0 Å². The average molecular weight is 428 g/mol. The first-order valence-electron chi connectivity index (χ1n) is 10.5. The van der Waals surface area contributed by atoms with Crippen LogP contribution in [0.5, 0.6) is 0 Å². The lowest BCUT2D eigenvalue weighted by Gasteiger charge is -2.32. The highest BCUT2D eigenvalue weighted by Gasteiger charge is 2.31. The highest BCUT2D eigenvalue weighted by molar-refractivity contribution is 6.32. The van der Waals surface area contributed by atoms with Crippen LogP contribution in [0.2, 0.25) is 5.02 Å². The predicted octanol–water partition coefficient (Wildman–Crippen LogP) is 5.54. The van der Waals surface area contributed by atoms with Crippen molar-refractivity contribution in [3.63, 3.8) is 0 Å². The molecule has 1 aliphatic rings. The van der Waals surface area contributed by atoms with E-state index in [2.05, 4.69) is 17.9 Å². The van der Waals surface area contributed by atoms with Crippen molar-refractivity contribution in [1.29, 1.82) is 5.26 Å². The maximum absolute atomic E-state index is 14.4. The van der Waals surface area contributed by atoms with Crippen molar-refractivity contribution in [2.75, 3.05) is 18.0 Å². The van der Waals surface area contributed by atoms with Crippen molar-refractivity contribution in [2.45, 2.75) is 51.6 Å². The highest BCUT2D eigenvalue weighted by atomic mass is 35.5. The number of amides is 1. The first-order chi connectivity index (χ1) is 14.5. The van der Waals surface area contributed by atoms with Gasteiger partial charge in [0.2, 0.25) is 5.91 Å². The summed E-state index contributed by atoms with van der Waals surface area (Å²) >= 11 is 6.28. The first-order valence-corrected chi connectivity index (χ1v) is 10.9. The van der Waals surface area contributed by atoms with Crippen LogP contribution in [0.25, 0.3) is 0 Å². The lowest BCUT2D eigenvalue weighted by atomic mass is 10.1.